The molecule has 134 valence electrons. The number of halogens is 1. The molecule has 25 heavy (non-hydrogen) atoms. The van der Waals surface area contributed by atoms with Crippen molar-refractivity contribution >= 4 is 38.8 Å². The zero-order valence-electron chi connectivity index (χ0n) is 14.3. The van der Waals surface area contributed by atoms with Crippen LogP contribution in [0.5, 0.6) is 5.75 Å². The van der Waals surface area contributed by atoms with Crippen molar-refractivity contribution in [2.24, 2.45) is 0 Å². The van der Waals surface area contributed by atoms with Gasteiger partial charge < -0.3 is 19.9 Å². The number of hydrogen-bond donors (Lipinski definition) is 2. The van der Waals surface area contributed by atoms with E-state index in [1.165, 1.54) is 0 Å². The van der Waals surface area contributed by atoms with E-state index in [-0.39, 0.29) is 0 Å². The van der Waals surface area contributed by atoms with E-state index < -0.39 is 24.3 Å². The van der Waals surface area contributed by atoms with Crippen molar-refractivity contribution in [3.05, 3.63) is 40.4 Å². The summed E-state index contributed by atoms with van der Waals surface area (Å²) in [6.07, 6.45) is -0.466. The average Bonchev–Trinajstić information content (AvgIpc) is 2.50. The Morgan fingerprint density at radius 1 is 1.20 bits per heavy atom. The van der Waals surface area contributed by atoms with Crippen molar-refractivity contribution in [1.82, 2.24) is 5.32 Å². The number of carbonyl (C=O) groups is 2. The summed E-state index contributed by atoms with van der Waals surface area (Å²) in [5, 5.41) is 13.3. The molecule has 0 aliphatic carbocycles. The van der Waals surface area contributed by atoms with Crippen LogP contribution in [0.25, 0.3) is 10.8 Å². The highest BCUT2D eigenvalue weighted by Crippen LogP contribution is 2.33. The Bertz CT molecular complexity index is 798. The lowest BCUT2D eigenvalue weighted by Crippen LogP contribution is -2.32. The van der Waals surface area contributed by atoms with E-state index in [1.54, 1.807) is 6.07 Å². The molecule has 0 bridgehead atoms. The highest BCUT2D eigenvalue weighted by Gasteiger charge is 2.16. The first kappa shape index (κ1) is 19.1. The molecule has 2 aromatic rings. The molecule has 2 rings (SSSR count). The topological polar surface area (TPSA) is 84.9 Å². The number of hydrogen-bond acceptors (Lipinski definition) is 4. The zero-order chi connectivity index (χ0) is 18.6. The molecule has 7 heteroatoms. The maximum Gasteiger partial charge on any atom is 0.407 e. The summed E-state index contributed by atoms with van der Waals surface area (Å²) in [6, 6.07) is 9.26. The van der Waals surface area contributed by atoms with Gasteiger partial charge in [0.25, 0.3) is 0 Å². The second kappa shape index (κ2) is 7.74. The van der Waals surface area contributed by atoms with Crippen molar-refractivity contribution in [3.8, 4) is 5.75 Å². The van der Waals surface area contributed by atoms with Crippen molar-refractivity contribution in [2.45, 2.75) is 32.9 Å². The maximum atomic E-state index is 11.7. The summed E-state index contributed by atoms with van der Waals surface area (Å²) < 4.78 is 11.1. The fourth-order valence-corrected chi connectivity index (χ4v) is 2.78. The molecule has 1 amide bonds. The normalized spacial score (nSPS) is 11.2. The Morgan fingerprint density at radius 2 is 1.92 bits per heavy atom. The smallest absolute Gasteiger partial charge is 0.407 e. The van der Waals surface area contributed by atoms with Crippen LogP contribution in [-0.4, -0.2) is 29.4 Å². The predicted octanol–water partition coefficient (Wildman–Crippen LogP) is 4.09. The van der Waals surface area contributed by atoms with Gasteiger partial charge in [0.2, 0.25) is 0 Å². The van der Waals surface area contributed by atoms with Gasteiger partial charge in [0, 0.05) is 6.54 Å². The standard InChI is InChI=1S/C18H20BrNO5/c1-18(2,3)25-17(23)20-9-11-4-6-13-12(8-11)5-7-14(16(13)19)24-10-15(21)22/h4-8H,9-10H2,1-3H3,(H,20,23)(H,21,22). The van der Waals surface area contributed by atoms with Crippen LogP contribution in [0.4, 0.5) is 4.79 Å². The molecular weight excluding hydrogens is 390 g/mol. The number of benzene rings is 2. The largest absolute Gasteiger partial charge is 0.481 e. The molecule has 0 atom stereocenters. The summed E-state index contributed by atoms with van der Waals surface area (Å²) >= 11 is 3.44. The molecule has 0 aromatic heterocycles. The molecular formula is C18H20BrNO5. The second-order valence-electron chi connectivity index (χ2n) is 6.47. The summed E-state index contributed by atoms with van der Waals surface area (Å²) in [5.74, 6) is -0.565. The molecule has 0 saturated heterocycles. The molecule has 0 radical (unpaired) electrons. The number of aliphatic carboxylic acids is 1. The first-order chi connectivity index (χ1) is 11.7. The van der Waals surface area contributed by atoms with E-state index in [0.717, 1.165) is 16.3 Å². The molecule has 2 aromatic carbocycles. The molecule has 6 nitrogen and oxygen atoms in total. The van der Waals surface area contributed by atoms with E-state index in [2.05, 4.69) is 21.2 Å². The Kier molecular flexibility index (Phi) is 5.89. The molecule has 0 unspecified atom stereocenters. The van der Waals surface area contributed by atoms with Crippen LogP contribution >= 0.6 is 15.9 Å². The van der Waals surface area contributed by atoms with E-state index in [4.69, 9.17) is 14.6 Å². The van der Waals surface area contributed by atoms with Gasteiger partial charge in [0.1, 0.15) is 11.4 Å². The quantitative estimate of drug-likeness (QED) is 0.776. The van der Waals surface area contributed by atoms with Crippen LogP contribution < -0.4 is 10.1 Å². The summed E-state index contributed by atoms with van der Waals surface area (Å²) in [7, 11) is 0. The van der Waals surface area contributed by atoms with Gasteiger partial charge in [-0.15, -0.1) is 0 Å². The molecule has 0 fully saturated rings. The van der Waals surface area contributed by atoms with E-state index in [1.807, 2.05) is 45.0 Å². The van der Waals surface area contributed by atoms with E-state index >= 15 is 0 Å². The minimum atomic E-state index is -1.03. The van der Waals surface area contributed by atoms with Gasteiger partial charge in [-0.3, -0.25) is 0 Å². The second-order valence-corrected chi connectivity index (χ2v) is 7.26. The van der Waals surface area contributed by atoms with Crippen molar-refractivity contribution < 1.29 is 24.2 Å². The van der Waals surface area contributed by atoms with Crippen LogP contribution in [0, 0.1) is 0 Å². The number of fused-ring (bicyclic) bond motifs is 1. The van der Waals surface area contributed by atoms with Gasteiger partial charge in [-0.05, 0) is 65.2 Å². The number of carboxylic acid groups (broad SMARTS) is 1. The van der Waals surface area contributed by atoms with Gasteiger partial charge >= 0.3 is 12.1 Å². The van der Waals surface area contributed by atoms with Crippen LogP contribution in [0.2, 0.25) is 0 Å². The lowest BCUT2D eigenvalue weighted by molar-refractivity contribution is -0.139. The van der Waals surface area contributed by atoms with Gasteiger partial charge in [-0.2, -0.15) is 0 Å². The molecule has 2 N–H and O–H groups in total. The first-order valence-corrected chi connectivity index (χ1v) is 8.47. The fourth-order valence-electron chi connectivity index (χ4n) is 2.17. The van der Waals surface area contributed by atoms with Gasteiger partial charge in [-0.1, -0.05) is 18.2 Å². The molecule has 0 aliphatic rings. The van der Waals surface area contributed by atoms with Crippen LogP contribution in [0.1, 0.15) is 26.3 Å². The minimum Gasteiger partial charge on any atom is -0.481 e. The lowest BCUT2D eigenvalue weighted by atomic mass is 10.1. The Morgan fingerprint density at radius 3 is 2.56 bits per heavy atom. The zero-order valence-corrected chi connectivity index (χ0v) is 15.8. The number of rotatable bonds is 5. The van der Waals surface area contributed by atoms with Gasteiger partial charge in [0.15, 0.2) is 6.61 Å². The first-order valence-electron chi connectivity index (χ1n) is 7.68. The average molecular weight is 410 g/mol. The lowest BCUT2D eigenvalue weighted by Gasteiger charge is -2.19. The number of carboxylic acids is 1. The fraction of sp³-hybridized carbons (Fsp3) is 0.333. The van der Waals surface area contributed by atoms with E-state index in [9.17, 15) is 9.59 Å². The third-order valence-corrected chi connectivity index (χ3v) is 3.99. The molecule has 0 saturated carbocycles. The van der Waals surface area contributed by atoms with Gasteiger partial charge in [0.05, 0.1) is 4.47 Å². The highest BCUT2D eigenvalue weighted by molar-refractivity contribution is 9.10. The molecule has 0 aliphatic heterocycles. The number of alkyl carbamates (subject to hydrolysis) is 1. The maximum absolute atomic E-state index is 11.7. The monoisotopic (exact) mass is 409 g/mol. The minimum absolute atomic E-state index is 0.347. The van der Waals surface area contributed by atoms with Crippen molar-refractivity contribution in [3.63, 3.8) is 0 Å². The number of nitrogens with one attached hydrogen (secondary N) is 1. The summed E-state index contributed by atoms with van der Waals surface area (Å²) in [5.41, 5.74) is 0.384. The van der Waals surface area contributed by atoms with Gasteiger partial charge in [-0.25, -0.2) is 9.59 Å². The highest BCUT2D eigenvalue weighted by atomic mass is 79.9. The number of carbonyl (C=O) groups excluding carboxylic acids is 1. The van der Waals surface area contributed by atoms with Crippen molar-refractivity contribution in [1.29, 1.82) is 0 Å². The predicted molar refractivity (Wildman–Crippen MR) is 97.9 cm³/mol. The van der Waals surface area contributed by atoms with Crippen molar-refractivity contribution in [2.75, 3.05) is 6.61 Å². The molecule has 0 heterocycles. The van der Waals surface area contributed by atoms with Crippen LogP contribution in [-0.2, 0) is 16.1 Å². The SMILES string of the molecule is CC(C)(C)OC(=O)NCc1ccc2c(Br)c(OCC(=O)O)ccc2c1. The summed E-state index contributed by atoms with van der Waals surface area (Å²) in [6.45, 7) is 5.38. The summed E-state index contributed by atoms with van der Waals surface area (Å²) in [4.78, 5) is 22.3. The van der Waals surface area contributed by atoms with E-state index in [0.29, 0.717) is 16.8 Å². The third-order valence-electron chi connectivity index (χ3n) is 3.17. The van der Waals surface area contributed by atoms with Crippen LogP contribution in [0.3, 0.4) is 0 Å². The van der Waals surface area contributed by atoms with Crippen LogP contribution in [0.15, 0.2) is 34.8 Å². The third kappa shape index (κ3) is 5.63. The number of ether oxygens (including phenoxy) is 2. The Hall–Kier alpha value is -2.28. The number of amides is 1. The Labute approximate surface area is 154 Å². The molecule has 0 spiro atoms. The Balaban J connectivity index is 2.11.